The highest BCUT2D eigenvalue weighted by Gasteiger charge is 2.28. The maximum Gasteiger partial charge on any atom is 0.323 e. The summed E-state index contributed by atoms with van der Waals surface area (Å²) in [7, 11) is 1.41. The summed E-state index contributed by atoms with van der Waals surface area (Å²) in [6.45, 7) is 10.5. The number of morpholine rings is 1. The average Bonchev–Trinajstić information content (AvgIpc) is 2.83. The second-order valence-electron chi connectivity index (χ2n) is 9.19. The van der Waals surface area contributed by atoms with E-state index in [1.165, 1.54) is 7.11 Å². The number of rotatable bonds is 8. The molecule has 1 heterocycles. The molecule has 1 fully saturated rings. The Morgan fingerprint density at radius 2 is 1.88 bits per heavy atom. The molecule has 0 unspecified atom stereocenters. The topological polar surface area (TPSA) is 79.9 Å². The van der Waals surface area contributed by atoms with Gasteiger partial charge in [-0.05, 0) is 55.0 Å². The van der Waals surface area contributed by atoms with Crippen molar-refractivity contribution < 1.29 is 19.1 Å². The van der Waals surface area contributed by atoms with E-state index in [0.29, 0.717) is 25.6 Å². The number of benzene rings is 2. The number of ether oxygens (including phenoxy) is 2. The highest BCUT2D eigenvalue weighted by Crippen LogP contribution is 2.35. The zero-order valence-electron chi connectivity index (χ0n) is 20.9. The van der Waals surface area contributed by atoms with Crippen molar-refractivity contribution in [3.63, 3.8) is 0 Å². The van der Waals surface area contributed by atoms with E-state index in [1.807, 2.05) is 37.3 Å². The van der Waals surface area contributed by atoms with Crippen LogP contribution in [0.25, 0.3) is 0 Å². The molecule has 0 saturated carbocycles. The van der Waals surface area contributed by atoms with Gasteiger partial charge in [-0.1, -0.05) is 44.5 Å². The fourth-order valence-electron chi connectivity index (χ4n) is 4.34. The number of hydrogen-bond acceptors (Lipinski definition) is 5. The van der Waals surface area contributed by atoms with Gasteiger partial charge in [0.1, 0.15) is 0 Å². The number of nitrogens with zero attached hydrogens (tertiary/aromatic N) is 1. The number of nitrogens with one attached hydrogen (secondary N) is 2. The Kier molecular flexibility index (Phi) is 8.93. The van der Waals surface area contributed by atoms with Gasteiger partial charge in [-0.15, -0.1) is 0 Å². The van der Waals surface area contributed by atoms with Gasteiger partial charge in [0.2, 0.25) is 0 Å². The van der Waals surface area contributed by atoms with Gasteiger partial charge in [0.15, 0.2) is 0 Å². The first-order valence-corrected chi connectivity index (χ1v) is 12.0. The Morgan fingerprint density at radius 1 is 1.15 bits per heavy atom. The van der Waals surface area contributed by atoms with Crippen molar-refractivity contribution in [2.45, 2.75) is 52.5 Å². The Balaban J connectivity index is 1.93. The number of urea groups is 1. The molecule has 2 aromatic carbocycles. The molecule has 0 bridgehead atoms. The lowest BCUT2D eigenvalue weighted by molar-refractivity contribution is -0.141. The number of hydrogen-bond donors (Lipinski definition) is 2. The van der Waals surface area contributed by atoms with Gasteiger partial charge >= 0.3 is 12.0 Å². The highest BCUT2D eigenvalue weighted by molar-refractivity contribution is 6.02. The van der Waals surface area contributed by atoms with Crippen LogP contribution >= 0.6 is 0 Å². The second-order valence-corrected chi connectivity index (χ2v) is 9.19. The lowest BCUT2D eigenvalue weighted by atomic mass is 9.92. The smallest absolute Gasteiger partial charge is 0.323 e. The van der Waals surface area contributed by atoms with Crippen LogP contribution in [-0.2, 0) is 14.3 Å². The zero-order chi connectivity index (χ0) is 24.7. The molecule has 0 aromatic heterocycles. The molecule has 2 amide bonds. The van der Waals surface area contributed by atoms with Crippen molar-refractivity contribution >= 4 is 29.1 Å². The summed E-state index contributed by atoms with van der Waals surface area (Å²) in [5, 5.41) is 5.99. The molecule has 34 heavy (non-hydrogen) atoms. The standard InChI is InChI=1S/C27H37N3O4/c1-6-20(16-26(31)33-5)21-9-12-24(30-13-14-34-17-25(30)18(2)3)23(15-21)29-27(32)28-22-10-7-19(4)8-11-22/h7-12,15,18,20,25H,6,13-14,16-17H2,1-5H3,(H2,28,29,32)/t20-,25+/m0/s1. The average molecular weight is 468 g/mol. The molecule has 0 radical (unpaired) electrons. The molecular formula is C27H37N3O4. The monoisotopic (exact) mass is 467 g/mol. The fourth-order valence-corrected chi connectivity index (χ4v) is 4.34. The van der Waals surface area contributed by atoms with Gasteiger partial charge in [0.25, 0.3) is 0 Å². The molecule has 1 saturated heterocycles. The first-order chi connectivity index (χ1) is 16.3. The summed E-state index contributed by atoms with van der Waals surface area (Å²) in [5.74, 6) is 0.153. The molecule has 7 nitrogen and oxygen atoms in total. The summed E-state index contributed by atoms with van der Waals surface area (Å²) in [5.41, 5.74) is 4.53. The van der Waals surface area contributed by atoms with E-state index < -0.39 is 0 Å². The van der Waals surface area contributed by atoms with Crippen LogP contribution in [0, 0.1) is 12.8 Å². The third-order valence-corrected chi connectivity index (χ3v) is 6.43. The third kappa shape index (κ3) is 6.50. The maximum atomic E-state index is 13.0. The molecule has 184 valence electrons. The van der Waals surface area contributed by atoms with Crippen LogP contribution in [0.5, 0.6) is 0 Å². The van der Waals surface area contributed by atoms with Crippen molar-refractivity contribution in [3.8, 4) is 0 Å². The van der Waals surface area contributed by atoms with Gasteiger partial charge in [0.05, 0.1) is 44.2 Å². The Hall–Kier alpha value is -3.06. The largest absolute Gasteiger partial charge is 0.469 e. The van der Waals surface area contributed by atoms with Crippen molar-refractivity contribution in [2.24, 2.45) is 5.92 Å². The summed E-state index contributed by atoms with van der Waals surface area (Å²) in [6.07, 6.45) is 1.09. The Bertz CT molecular complexity index is 974. The SMILES string of the molecule is CC[C@@H](CC(=O)OC)c1ccc(N2CCOC[C@@H]2C(C)C)c(NC(=O)Nc2ccc(C)cc2)c1. The predicted octanol–water partition coefficient (Wildman–Crippen LogP) is 5.56. The van der Waals surface area contributed by atoms with Crippen LogP contribution in [0.4, 0.5) is 21.9 Å². The maximum absolute atomic E-state index is 13.0. The first kappa shape index (κ1) is 25.6. The van der Waals surface area contributed by atoms with Crippen LogP contribution in [0.3, 0.4) is 0 Å². The molecule has 0 spiro atoms. The van der Waals surface area contributed by atoms with E-state index >= 15 is 0 Å². The number of anilines is 3. The summed E-state index contributed by atoms with van der Waals surface area (Å²) < 4.78 is 10.6. The number of aryl methyl sites for hydroxylation is 1. The van der Waals surface area contributed by atoms with Crippen LogP contribution < -0.4 is 15.5 Å². The van der Waals surface area contributed by atoms with Gasteiger partial charge < -0.3 is 25.0 Å². The van der Waals surface area contributed by atoms with E-state index in [-0.39, 0.29) is 24.0 Å². The van der Waals surface area contributed by atoms with Crippen LogP contribution in [-0.4, -0.2) is 44.9 Å². The van der Waals surface area contributed by atoms with E-state index in [9.17, 15) is 9.59 Å². The Labute approximate surface area is 202 Å². The van der Waals surface area contributed by atoms with E-state index in [4.69, 9.17) is 9.47 Å². The molecule has 0 aliphatic carbocycles. The zero-order valence-corrected chi connectivity index (χ0v) is 20.9. The molecule has 1 aliphatic heterocycles. The minimum absolute atomic E-state index is 0.00722. The van der Waals surface area contributed by atoms with Crippen molar-refractivity contribution in [1.29, 1.82) is 0 Å². The lowest BCUT2D eigenvalue weighted by Gasteiger charge is -2.40. The van der Waals surface area contributed by atoms with E-state index in [1.54, 1.807) is 0 Å². The fraction of sp³-hybridized carbons (Fsp3) is 0.481. The van der Waals surface area contributed by atoms with Crippen molar-refractivity contribution in [3.05, 3.63) is 53.6 Å². The molecule has 7 heteroatoms. The number of carbonyl (C=O) groups excluding carboxylic acids is 2. The minimum Gasteiger partial charge on any atom is -0.469 e. The third-order valence-electron chi connectivity index (χ3n) is 6.43. The van der Waals surface area contributed by atoms with E-state index in [0.717, 1.165) is 41.2 Å². The van der Waals surface area contributed by atoms with E-state index in [2.05, 4.69) is 48.4 Å². The van der Waals surface area contributed by atoms with Crippen LogP contribution in [0.2, 0.25) is 0 Å². The molecule has 2 aromatic rings. The summed E-state index contributed by atoms with van der Waals surface area (Å²) in [4.78, 5) is 27.2. The van der Waals surface area contributed by atoms with Gasteiger partial charge in [0, 0.05) is 12.2 Å². The summed E-state index contributed by atoms with van der Waals surface area (Å²) in [6, 6.07) is 13.7. The quantitative estimate of drug-likeness (QED) is 0.497. The number of carbonyl (C=O) groups is 2. The van der Waals surface area contributed by atoms with Crippen LogP contribution in [0.15, 0.2) is 42.5 Å². The number of methoxy groups -OCH3 is 1. The van der Waals surface area contributed by atoms with Crippen molar-refractivity contribution in [1.82, 2.24) is 0 Å². The predicted molar refractivity (Wildman–Crippen MR) is 137 cm³/mol. The lowest BCUT2D eigenvalue weighted by Crippen LogP contribution is -2.48. The second kappa shape index (κ2) is 11.9. The molecule has 1 aliphatic rings. The minimum atomic E-state index is -0.308. The Morgan fingerprint density at radius 3 is 2.53 bits per heavy atom. The molecular weight excluding hydrogens is 430 g/mol. The summed E-state index contributed by atoms with van der Waals surface area (Å²) >= 11 is 0. The van der Waals surface area contributed by atoms with Gasteiger partial charge in [-0.25, -0.2) is 4.79 Å². The van der Waals surface area contributed by atoms with Gasteiger partial charge in [-0.3, -0.25) is 4.79 Å². The molecule has 3 rings (SSSR count). The molecule has 2 N–H and O–H groups in total. The molecule has 2 atom stereocenters. The highest BCUT2D eigenvalue weighted by atomic mass is 16.5. The van der Waals surface area contributed by atoms with Gasteiger partial charge in [-0.2, -0.15) is 0 Å². The van der Waals surface area contributed by atoms with Crippen LogP contribution in [0.1, 0.15) is 50.7 Å². The first-order valence-electron chi connectivity index (χ1n) is 12.0. The van der Waals surface area contributed by atoms with Crippen molar-refractivity contribution in [2.75, 3.05) is 42.4 Å². The normalized spacial score (nSPS) is 16.8. The number of amides is 2. The number of esters is 1.